The maximum absolute atomic E-state index is 12.7. The minimum absolute atomic E-state index is 0.231. The van der Waals surface area contributed by atoms with E-state index in [2.05, 4.69) is 34.3 Å². The summed E-state index contributed by atoms with van der Waals surface area (Å²) in [6.07, 6.45) is 1.74. The molecule has 3 aromatic heterocycles. The van der Waals surface area contributed by atoms with Gasteiger partial charge < -0.3 is 11.1 Å². The van der Waals surface area contributed by atoms with E-state index in [1.54, 1.807) is 6.20 Å². The van der Waals surface area contributed by atoms with Crippen molar-refractivity contribution in [2.24, 2.45) is 0 Å². The lowest BCUT2D eigenvalue weighted by Crippen LogP contribution is -2.11. The normalized spacial score (nSPS) is 11.5. The Hall–Kier alpha value is -2.93. The van der Waals surface area contributed by atoms with Crippen LogP contribution in [0, 0.1) is 0 Å². The van der Waals surface area contributed by atoms with Crippen LogP contribution in [0.25, 0.3) is 21.1 Å². The highest BCUT2D eigenvalue weighted by molar-refractivity contribution is 7.21. The van der Waals surface area contributed by atoms with Crippen molar-refractivity contribution in [3.63, 3.8) is 0 Å². The van der Waals surface area contributed by atoms with Crippen LogP contribution in [0.3, 0.4) is 0 Å². The molecule has 0 aliphatic carbocycles. The lowest BCUT2D eigenvalue weighted by molar-refractivity contribution is 0.103. The molecular formula is C18H17N5OS. The fourth-order valence-corrected chi connectivity index (χ4v) is 3.70. The first kappa shape index (κ1) is 15.6. The third-order valence-electron chi connectivity index (χ3n) is 4.11. The monoisotopic (exact) mass is 351 g/mol. The van der Waals surface area contributed by atoms with Gasteiger partial charge in [-0.15, -0.1) is 11.3 Å². The first-order valence-electron chi connectivity index (χ1n) is 7.96. The largest absolute Gasteiger partial charge is 0.397 e. The Morgan fingerprint density at radius 3 is 2.92 bits per heavy atom. The van der Waals surface area contributed by atoms with E-state index < -0.39 is 0 Å². The Balaban J connectivity index is 1.68. The van der Waals surface area contributed by atoms with Crippen LogP contribution in [0.1, 0.15) is 35.1 Å². The Morgan fingerprint density at radius 1 is 1.28 bits per heavy atom. The second-order valence-corrected chi connectivity index (χ2v) is 7.21. The van der Waals surface area contributed by atoms with E-state index in [-0.39, 0.29) is 5.91 Å². The number of hydrogen-bond acceptors (Lipinski definition) is 5. The van der Waals surface area contributed by atoms with Crippen molar-refractivity contribution in [2.75, 3.05) is 11.1 Å². The number of H-pyrrole nitrogens is 1. The summed E-state index contributed by atoms with van der Waals surface area (Å²) in [4.78, 5) is 18.6. The molecule has 0 spiro atoms. The van der Waals surface area contributed by atoms with Gasteiger partial charge in [-0.1, -0.05) is 13.8 Å². The summed E-state index contributed by atoms with van der Waals surface area (Å²) < 4.78 is 0. The number of nitrogens with zero attached hydrogens (tertiary/aromatic N) is 2. The van der Waals surface area contributed by atoms with Crippen LogP contribution < -0.4 is 11.1 Å². The minimum Gasteiger partial charge on any atom is -0.397 e. The van der Waals surface area contributed by atoms with Gasteiger partial charge in [0.25, 0.3) is 5.91 Å². The van der Waals surface area contributed by atoms with E-state index in [4.69, 9.17) is 5.73 Å². The smallest absolute Gasteiger partial charge is 0.267 e. The van der Waals surface area contributed by atoms with Gasteiger partial charge in [0.2, 0.25) is 0 Å². The standard InChI is InChI=1S/C18H17N5OS/c1-9(2)13-6-5-12-15(19)16(25-18(12)22-13)17(24)21-11-4-3-10-8-20-23-14(10)7-11/h3-9H,19H2,1-2H3,(H,20,23)(H,21,24). The summed E-state index contributed by atoms with van der Waals surface area (Å²) >= 11 is 1.32. The van der Waals surface area contributed by atoms with Gasteiger partial charge in [-0.2, -0.15) is 5.10 Å². The van der Waals surface area contributed by atoms with Crippen LogP contribution >= 0.6 is 11.3 Å². The number of nitrogens with one attached hydrogen (secondary N) is 2. The molecule has 1 aromatic carbocycles. The average Bonchev–Trinajstić information content (AvgIpc) is 3.18. The molecular weight excluding hydrogens is 334 g/mol. The number of benzene rings is 1. The van der Waals surface area contributed by atoms with Crippen molar-refractivity contribution in [1.29, 1.82) is 0 Å². The topological polar surface area (TPSA) is 96.7 Å². The SMILES string of the molecule is CC(C)c1ccc2c(N)c(C(=O)Nc3ccc4cn[nH]c4c3)sc2n1. The second-order valence-electron chi connectivity index (χ2n) is 6.21. The summed E-state index contributed by atoms with van der Waals surface area (Å²) in [6.45, 7) is 4.18. The van der Waals surface area contributed by atoms with Gasteiger partial charge in [-0.25, -0.2) is 4.98 Å². The van der Waals surface area contributed by atoms with E-state index in [9.17, 15) is 4.79 Å². The van der Waals surface area contributed by atoms with E-state index in [0.29, 0.717) is 22.2 Å². The van der Waals surface area contributed by atoms with Gasteiger partial charge in [-0.05, 0) is 36.2 Å². The van der Waals surface area contributed by atoms with E-state index in [0.717, 1.165) is 26.8 Å². The summed E-state index contributed by atoms with van der Waals surface area (Å²) in [5, 5.41) is 11.6. The first-order chi connectivity index (χ1) is 12.0. The number of carbonyl (C=O) groups is 1. The van der Waals surface area contributed by atoms with Gasteiger partial charge in [0.05, 0.1) is 17.4 Å². The zero-order chi connectivity index (χ0) is 17.6. The molecule has 0 fully saturated rings. The summed E-state index contributed by atoms with van der Waals surface area (Å²) in [6, 6.07) is 9.49. The van der Waals surface area contributed by atoms with Crippen LogP contribution in [0.4, 0.5) is 11.4 Å². The van der Waals surface area contributed by atoms with Crippen molar-refractivity contribution >= 4 is 49.7 Å². The number of nitrogens with two attached hydrogens (primary N) is 1. The molecule has 1 amide bonds. The number of amides is 1. The molecule has 4 N–H and O–H groups in total. The number of fused-ring (bicyclic) bond motifs is 2. The highest BCUT2D eigenvalue weighted by Gasteiger charge is 2.18. The molecule has 0 bridgehead atoms. The number of hydrogen-bond donors (Lipinski definition) is 3. The molecule has 7 heteroatoms. The number of pyridine rings is 1. The van der Waals surface area contributed by atoms with E-state index in [1.807, 2.05) is 30.3 Å². The maximum atomic E-state index is 12.7. The molecule has 126 valence electrons. The number of rotatable bonds is 3. The Morgan fingerprint density at radius 2 is 2.12 bits per heavy atom. The Bertz CT molecular complexity index is 1100. The fourth-order valence-electron chi connectivity index (χ4n) is 2.70. The highest BCUT2D eigenvalue weighted by atomic mass is 32.1. The number of nitrogen functional groups attached to an aromatic ring is 1. The molecule has 6 nitrogen and oxygen atoms in total. The van der Waals surface area contributed by atoms with Gasteiger partial charge in [0.15, 0.2) is 0 Å². The van der Waals surface area contributed by atoms with Crippen molar-refractivity contribution in [2.45, 2.75) is 19.8 Å². The zero-order valence-electron chi connectivity index (χ0n) is 13.8. The molecule has 4 aromatic rings. The predicted molar refractivity (Wildman–Crippen MR) is 102 cm³/mol. The second kappa shape index (κ2) is 5.86. The van der Waals surface area contributed by atoms with Crippen molar-refractivity contribution in [3.8, 4) is 0 Å². The third kappa shape index (κ3) is 2.72. The summed E-state index contributed by atoms with van der Waals surface area (Å²) in [7, 11) is 0. The Labute approximate surface area is 148 Å². The van der Waals surface area contributed by atoms with Crippen molar-refractivity contribution < 1.29 is 4.79 Å². The molecule has 0 atom stereocenters. The summed E-state index contributed by atoms with van der Waals surface area (Å²) in [5.74, 6) is 0.0941. The molecule has 0 aliphatic heterocycles. The molecule has 0 saturated heterocycles. The van der Waals surface area contributed by atoms with Crippen LogP contribution in [0.5, 0.6) is 0 Å². The lowest BCUT2D eigenvalue weighted by Gasteiger charge is -2.04. The number of thiophene rings is 1. The molecule has 0 unspecified atom stereocenters. The van der Waals surface area contributed by atoms with Crippen LogP contribution in [0.15, 0.2) is 36.5 Å². The molecule has 25 heavy (non-hydrogen) atoms. The number of aromatic amines is 1. The quantitative estimate of drug-likeness (QED) is 0.517. The van der Waals surface area contributed by atoms with Crippen molar-refractivity contribution in [1.82, 2.24) is 15.2 Å². The number of anilines is 2. The van der Waals surface area contributed by atoms with Crippen molar-refractivity contribution in [3.05, 3.63) is 47.1 Å². The molecule has 0 radical (unpaired) electrons. The maximum Gasteiger partial charge on any atom is 0.267 e. The van der Waals surface area contributed by atoms with Crippen LogP contribution in [0.2, 0.25) is 0 Å². The average molecular weight is 351 g/mol. The predicted octanol–water partition coefficient (Wildman–Crippen LogP) is 4.13. The molecule has 3 heterocycles. The van der Waals surface area contributed by atoms with Crippen LogP contribution in [-0.4, -0.2) is 21.1 Å². The lowest BCUT2D eigenvalue weighted by atomic mass is 10.1. The van der Waals surface area contributed by atoms with Gasteiger partial charge in [-0.3, -0.25) is 9.89 Å². The highest BCUT2D eigenvalue weighted by Crippen LogP contribution is 2.34. The third-order valence-corrected chi connectivity index (χ3v) is 5.23. The van der Waals surface area contributed by atoms with E-state index in [1.165, 1.54) is 11.3 Å². The minimum atomic E-state index is -0.231. The number of aromatic nitrogens is 3. The molecule has 0 aliphatic rings. The molecule has 4 rings (SSSR count). The first-order valence-corrected chi connectivity index (χ1v) is 8.78. The number of carbonyl (C=O) groups excluding carboxylic acids is 1. The van der Waals surface area contributed by atoms with E-state index >= 15 is 0 Å². The van der Waals surface area contributed by atoms with Crippen LogP contribution in [-0.2, 0) is 0 Å². The van der Waals surface area contributed by atoms with Gasteiger partial charge >= 0.3 is 0 Å². The summed E-state index contributed by atoms with van der Waals surface area (Å²) in [5.41, 5.74) is 9.21. The van der Waals surface area contributed by atoms with Gasteiger partial charge in [0.1, 0.15) is 9.71 Å². The van der Waals surface area contributed by atoms with Gasteiger partial charge in [0, 0.05) is 22.2 Å². The zero-order valence-corrected chi connectivity index (χ0v) is 14.6. The Kier molecular flexibility index (Phi) is 3.65. The fraction of sp³-hybridized carbons (Fsp3) is 0.167. The molecule has 0 saturated carbocycles.